The molecule has 0 aromatic carbocycles. The number of thiophene rings is 1. The summed E-state index contributed by atoms with van der Waals surface area (Å²) in [6, 6.07) is 4.56. The van der Waals surface area contributed by atoms with Gasteiger partial charge in [-0.2, -0.15) is 0 Å². The summed E-state index contributed by atoms with van der Waals surface area (Å²) in [5.41, 5.74) is 0. The Labute approximate surface area is 124 Å². The van der Waals surface area contributed by atoms with Gasteiger partial charge in [-0.15, -0.1) is 11.3 Å². The Morgan fingerprint density at radius 3 is 2.75 bits per heavy atom. The molecule has 2 fully saturated rings. The Kier molecular flexibility index (Phi) is 4.10. The first kappa shape index (κ1) is 14.0. The van der Waals surface area contributed by atoms with E-state index in [4.69, 9.17) is 4.74 Å². The van der Waals surface area contributed by atoms with Crippen molar-refractivity contribution >= 4 is 17.2 Å². The van der Waals surface area contributed by atoms with Crippen LogP contribution < -0.4 is 5.32 Å². The third-order valence-corrected chi connectivity index (χ3v) is 5.27. The molecule has 0 radical (unpaired) electrons. The van der Waals surface area contributed by atoms with Gasteiger partial charge in [-0.25, -0.2) is 0 Å². The van der Waals surface area contributed by atoms with E-state index in [-0.39, 0.29) is 18.1 Å². The Balaban J connectivity index is 1.87. The second-order valence-corrected chi connectivity index (χ2v) is 6.89. The average molecular weight is 294 g/mol. The maximum absolute atomic E-state index is 12.7. The lowest BCUT2D eigenvalue weighted by atomic mass is 10.1. The van der Waals surface area contributed by atoms with Crippen molar-refractivity contribution in [3.63, 3.8) is 0 Å². The summed E-state index contributed by atoms with van der Waals surface area (Å²) in [6.45, 7) is 5.71. The molecule has 2 aliphatic rings. The van der Waals surface area contributed by atoms with E-state index >= 15 is 0 Å². The molecule has 4 nitrogen and oxygen atoms in total. The second-order valence-electron chi connectivity index (χ2n) is 5.57. The molecule has 3 heterocycles. The minimum Gasteiger partial charge on any atom is -0.381 e. The minimum absolute atomic E-state index is 0.0368. The molecule has 0 bridgehead atoms. The van der Waals surface area contributed by atoms with Crippen molar-refractivity contribution in [3.8, 4) is 0 Å². The predicted molar refractivity (Wildman–Crippen MR) is 79.7 cm³/mol. The lowest BCUT2D eigenvalue weighted by Gasteiger charge is -2.34. The van der Waals surface area contributed by atoms with Crippen molar-refractivity contribution in [2.24, 2.45) is 0 Å². The molecule has 2 aliphatic heterocycles. The molecule has 1 aromatic heterocycles. The molecule has 2 saturated heterocycles. The van der Waals surface area contributed by atoms with E-state index in [9.17, 15) is 4.79 Å². The molecule has 20 heavy (non-hydrogen) atoms. The van der Waals surface area contributed by atoms with E-state index in [0.29, 0.717) is 6.04 Å². The molecule has 2 atom stereocenters. The van der Waals surface area contributed by atoms with Crippen LogP contribution in [0.15, 0.2) is 12.1 Å². The molecule has 0 spiro atoms. The zero-order chi connectivity index (χ0) is 14.1. The highest BCUT2D eigenvalue weighted by Gasteiger charge is 2.43. The number of ether oxygens (including phenoxy) is 1. The summed E-state index contributed by atoms with van der Waals surface area (Å²) < 4.78 is 5.44. The fourth-order valence-corrected chi connectivity index (χ4v) is 4.05. The van der Waals surface area contributed by atoms with E-state index in [1.54, 1.807) is 11.3 Å². The zero-order valence-electron chi connectivity index (χ0n) is 12.1. The third kappa shape index (κ3) is 2.50. The highest BCUT2D eigenvalue weighted by molar-refractivity contribution is 7.12. The van der Waals surface area contributed by atoms with E-state index in [1.807, 2.05) is 0 Å². The standard InChI is InChI=1S/C15H22N2O2S/c1-3-12-15(18)17(11-6-8-19-9-7-11)14(16-12)13-5-4-10(2)20-13/h4-5,11-12,14,16H,3,6-9H2,1-2H3. The normalized spacial score (nSPS) is 28.3. The van der Waals surface area contributed by atoms with Crippen molar-refractivity contribution in [2.75, 3.05) is 13.2 Å². The fraction of sp³-hybridized carbons (Fsp3) is 0.667. The zero-order valence-corrected chi connectivity index (χ0v) is 12.9. The number of carbonyl (C=O) groups excluding carboxylic acids is 1. The van der Waals surface area contributed by atoms with E-state index < -0.39 is 0 Å². The maximum atomic E-state index is 12.7. The van der Waals surface area contributed by atoms with Gasteiger partial charge in [0.15, 0.2) is 0 Å². The van der Waals surface area contributed by atoms with Gasteiger partial charge in [0.25, 0.3) is 0 Å². The van der Waals surface area contributed by atoms with Crippen molar-refractivity contribution in [1.82, 2.24) is 10.2 Å². The number of aryl methyl sites for hydroxylation is 1. The van der Waals surface area contributed by atoms with Crippen LogP contribution in [0, 0.1) is 6.92 Å². The first-order chi connectivity index (χ1) is 9.70. The van der Waals surface area contributed by atoms with Crippen molar-refractivity contribution in [1.29, 1.82) is 0 Å². The minimum atomic E-state index is -0.0368. The number of carbonyl (C=O) groups is 1. The van der Waals surface area contributed by atoms with E-state index in [0.717, 1.165) is 32.5 Å². The van der Waals surface area contributed by atoms with Gasteiger partial charge in [0.05, 0.1) is 6.04 Å². The monoisotopic (exact) mass is 294 g/mol. The Hall–Kier alpha value is -0.910. The van der Waals surface area contributed by atoms with Crippen LogP contribution in [0.3, 0.4) is 0 Å². The number of hydrogen-bond acceptors (Lipinski definition) is 4. The summed E-state index contributed by atoms with van der Waals surface area (Å²) >= 11 is 1.78. The lowest BCUT2D eigenvalue weighted by molar-refractivity contribution is -0.134. The van der Waals surface area contributed by atoms with Crippen molar-refractivity contribution < 1.29 is 9.53 Å². The number of nitrogens with zero attached hydrogens (tertiary/aromatic N) is 1. The number of rotatable bonds is 3. The molecular formula is C15H22N2O2S. The molecule has 2 unspecified atom stereocenters. The molecule has 5 heteroatoms. The van der Waals surface area contributed by atoms with Gasteiger partial charge in [-0.3, -0.25) is 10.1 Å². The molecule has 110 valence electrons. The van der Waals surface area contributed by atoms with Gasteiger partial charge in [0.2, 0.25) is 5.91 Å². The van der Waals surface area contributed by atoms with Gasteiger partial charge in [-0.1, -0.05) is 6.92 Å². The quantitative estimate of drug-likeness (QED) is 0.931. The number of amides is 1. The Bertz CT molecular complexity index is 482. The summed E-state index contributed by atoms with van der Waals surface area (Å²) in [4.78, 5) is 17.3. The largest absolute Gasteiger partial charge is 0.381 e. The fourth-order valence-electron chi connectivity index (χ4n) is 3.12. The van der Waals surface area contributed by atoms with Gasteiger partial charge >= 0.3 is 0 Å². The maximum Gasteiger partial charge on any atom is 0.241 e. The Morgan fingerprint density at radius 1 is 1.40 bits per heavy atom. The Morgan fingerprint density at radius 2 is 2.15 bits per heavy atom. The summed E-state index contributed by atoms with van der Waals surface area (Å²) in [7, 11) is 0. The lowest BCUT2D eigenvalue weighted by Crippen LogP contribution is -2.43. The number of nitrogens with one attached hydrogen (secondary N) is 1. The molecule has 3 rings (SSSR count). The highest BCUT2D eigenvalue weighted by atomic mass is 32.1. The topological polar surface area (TPSA) is 41.6 Å². The van der Waals surface area contributed by atoms with Crippen LogP contribution in [-0.4, -0.2) is 36.1 Å². The van der Waals surface area contributed by atoms with Gasteiger partial charge in [0, 0.05) is 29.0 Å². The van der Waals surface area contributed by atoms with Crippen LogP contribution in [0.5, 0.6) is 0 Å². The summed E-state index contributed by atoms with van der Waals surface area (Å²) in [5, 5.41) is 3.51. The second kappa shape index (κ2) is 5.84. The molecule has 0 aliphatic carbocycles. The van der Waals surface area contributed by atoms with E-state index in [1.165, 1.54) is 9.75 Å². The average Bonchev–Trinajstić information content (AvgIpc) is 3.03. The third-order valence-electron chi connectivity index (χ3n) is 4.21. The molecule has 1 N–H and O–H groups in total. The SMILES string of the molecule is CCC1NC(c2ccc(C)s2)N(C2CCOCC2)C1=O. The van der Waals surface area contributed by atoms with Crippen LogP contribution in [0.2, 0.25) is 0 Å². The first-order valence-electron chi connectivity index (χ1n) is 7.43. The summed E-state index contributed by atoms with van der Waals surface area (Å²) in [6.07, 6.45) is 2.80. The van der Waals surface area contributed by atoms with Crippen molar-refractivity contribution in [3.05, 3.63) is 21.9 Å². The summed E-state index contributed by atoms with van der Waals surface area (Å²) in [5.74, 6) is 0.260. The first-order valence-corrected chi connectivity index (χ1v) is 8.24. The van der Waals surface area contributed by atoms with Crippen molar-refractivity contribution in [2.45, 2.75) is 51.4 Å². The van der Waals surface area contributed by atoms with Gasteiger partial charge in [-0.05, 0) is 38.3 Å². The van der Waals surface area contributed by atoms with Gasteiger partial charge in [0.1, 0.15) is 6.17 Å². The smallest absolute Gasteiger partial charge is 0.241 e. The highest BCUT2D eigenvalue weighted by Crippen LogP contribution is 2.34. The van der Waals surface area contributed by atoms with Crippen LogP contribution in [0.4, 0.5) is 0 Å². The molecule has 0 saturated carbocycles. The van der Waals surface area contributed by atoms with Crippen LogP contribution in [0.25, 0.3) is 0 Å². The number of hydrogen-bond donors (Lipinski definition) is 1. The molecule has 1 amide bonds. The van der Waals surface area contributed by atoms with Gasteiger partial charge < -0.3 is 9.64 Å². The van der Waals surface area contributed by atoms with E-state index in [2.05, 4.69) is 36.2 Å². The van der Waals surface area contributed by atoms with Crippen LogP contribution >= 0.6 is 11.3 Å². The van der Waals surface area contributed by atoms with Crippen LogP contribution in [-0.2, 0) is 9.53 Å². The predicted octanol–water partition coefficient (Wildman–Crippen LogP) is 2.44. The molecule has 1 aromatic rings. The van der Waals surface area contributed by atoms with Crippen LogP contribution in [0.1, 0.15) is 42.1 Å². The molecular weight excluding hydrogens is 272 g/mol.